The van der Waals surface area contributed by atoms with Crippen LogP contribution < -0.4 is 15.4 Å². The SMILES string of the molecule is COc1ncc(F)cc1C(C)n1ncc(NC(=O)C(NC(=O)OCc2ccccc2)C(C2CC2)C2CC2)c1F. The fraction of sp³-hybridized carbons (Fsp3) is 0.429. The number of benzene rings is 1. The molecule has 39 heavy (non-hydrogen) atoms. The van der Waals surface area contributed by atoms with E-state index in [0.717, 1.165) is 42.1 Å². The van der Waals surface area contributed by atoms with E-state index in [-0.39, 0.29) is 24.1 Å². The van der Waals surface area contributed by atoms with Crippen LogP contribution in [0.25, 0.3) is 0 Å². The Hall–Kier alpha value is -4.02. The molecule has 2 aliphatic carbocycles. The molecular formula is C28H31F2N5O4. The number of halogens is 2. The first-order chi connectivity index (χ1) is 18.9. The summed E-state index contributed by atoms with van der Waals surface area (Å²) in [5.41, 5.74) is 0.967. The van der Waals surface area contributed by atoms with Crippen molar-refractivity contribution in [2.24, 2.45) is 17.8 Å². The number of ether oxygens (including phenoxy) is 2. The van der Waals surface area contributed by atoms with Crippen LogP contribution in [0.4, 0.5) is 19.3 Å². The predicted octanol–water partition coefficient (Wildman–Crippen LogP) is 4.84. The number of hydrogen-bond donors (Lipinski definition) is 2. The van der Waals surface area contributed by atoms with Crippen molar-refractivity contribution in [1.29, 1.82) is 0 Å². The first-order valence-electron chi connectivity index (χ1n) is 13.1. The van der Waals surface area contributed by atoms with Gasteiger partial charge in [-0.3, -0.25) is 4.79 Å². The highest BCUT2D eigenvalue weighted by molar-refractivity contribution is 5.96. The standard InChI is InChI=1S/C28H31F2N5O4/c1-16(21-12-20(29)13-31-27(21)38-2)35-25(30)22(14-32-35)33-26(36)24(23(18-8-9-18)19-10-11-19)34-28(37)39-15-17-6-4-3-5-7-17/h3-7,12-14,16,18-19,23-24H,8-11,15H2,1-2H3,(H,33,36)(H,34,37). The summed E-state index contributed by atoms with van der Waals surface area (Å²) in [5, 5.41) is 9.45. The zero-order valence-electron chi connectivity index (χ0n) is 21.8. The van der Waals surface area contributed by atoms with E-state index in [1.807, 2.05) is 30.3 Å². The Kier molecular flexibility index (Phi) is 7.76. The van der Waals surface area contributed by atoms with E-state index in [1.165, 1.54) is 19.4 Å². The van der Waals surface area contributed by atoms with Gasteiger partial charge in [0.15, 0.2) is 0 Å². The highest BCUT2D eigenvalue weighted by Gasteiger charge is 2.48. The van der Waals surface area contributed by atoms with Gasteiger partial charge in [-0.05, 0) is 62.0 Å². The number of methoxy groups -OCH3 is 1. The monoisotopic (exact) mass is 539 g/mol. The summed E-state index contributed by atoms with van der Waals surface area (Å²) in [6.07, 6.45) is 5.43. The van der Waals surface area contributed by atoms with E-state index < -0.39 is 35.8 Å². The van der Waals surface area contributed by atoms with Crippen LogP contribution >= 0.6 is 0 Å². The maximum absolute atomic E-state index is 15.5. The summed E-state index contributed by atoms with van der Waals surface area (Å²) in [4.78, 5) is 30.1. The number of nitrogens with one attached hydrogen (secondary N) is 2. The van der Waals surface area contributed by atoms with E-state index in [2.05, 4.69) is 20.7 Å². The Morgan fingerprint density at radius 1 is 1.10 bits per heavy atom. The maximum atomic E-state index is 15.5. The van der Waals surface area contributed by atoms with Crippen LogP contribution in [0.2, 0.25) is 0 Å². The number of pyridine rings is 1. The fourth-order valence-corrected chi connectivity index (χ4v) is 5.08. The first kappa shape index (κ1) is 26.6. The van der Waals surface area contributed by atoms with Crippen LogP contribution in [0.5, 0.6) is 5.88 Å². The lowest BCUT2D eigenvalue weighted by Crippen LogP contribution is -2.50. The van der Waals surface area contributed by atoms with Crippen molar-refractivity contribution in [1.82, 2.24) is 20.1 Å². The smallest absolute Gasteiger partial charge is 0.408 e. The molecule has 2 N–H and O–H groups in total. The Morgan fingerprint density at radius 2 is 1.79 bits per heavy atom. The van der Waals surface area contributed by atoms with Crippen LogP contribution in [0.15, 0.2) is 48.8 Å². The zero-order valence-corrected chi connectivity index (χ0v) is 21.8. The van der Waals surface area contributed by atoms with Gasteiger partial charge in [-0.15, -0.1) is 0 Å². The van der Waals surface area contributed by atoms with Crippen LogP contribution in [0, 0.1) is 29.5 Å². The summed E-state index contributed by atoms with van der Waals surface area (Å²) in [6, 6.07) is 8.78. The third-order valence-corrected chi connectivity index (χ3v) is 7.33. The van der Waals surface area contributed by atoms with E-state index in [4.69, 9.17) is 9.47 Å². The van der Waals surface area contributed by atoms with Gasteiger partial charge in [0, 0.05) is 5.56 Å². The molecule has 0 bridgehead atoms. The summed E-state index contributed by atoms with van der Waals surface area (Å²) < 4.78 is 40.9. The van der Waals surface area contributed by atoms with Gasteiger partial charge < -0.3 is 20.1 Å². The molecule has 2 amide bonds. The molecule has 0 radical (unpaired) electrons. The highest BCUT2D eigenvalue weighted by atomic mass is 19.1. The molecule has 2 fully saturated rings. The summed E-state index contributed by atoms with van der Waals surface area (Å²) >= 11 is 0. The topological polar surface area (TPSA) is 107 Å². The van der Waals surface area contributed by atoms with Gasteiger partial charge in [-0.1, -0.05) is 30.3 Å². The largest absolute Gasteiger partial charge is 0.481 e. The molecule has 2 heterocycles. The van der Waals surface area contributed by atoms with Crippen molar-refractivity contribution < 1.29 is 27.8 Å². The molecule has 1 aromatic carbocycles. The quantitative estimate of drug-likeness (QED) is 0.361. The molecule has 2 aliphatic rings. The molecule has 2 atom stereocenters. The van der Waals surface area contributed by atoms with Crippen LogP contribution in [-0.4, -0.2) is 39.9 Å². The number of carbonyl (C=O) groups excluding carboxylic acids is 2. The van der Waals surface area contributed by atoms with Gasteiger partial charge >= 0.3 is 6.09 Å². The third kappa shape index (κ3) is 6.18. The third-order valence-electron chi connectivity index (χ3n) is 7.33. The number of alkyl carbamates (subject to hydrolysis) is 1. The maximum Gasteiger partial charge on any atom is 0.408 e. The molecule has 11 heteroatoms. The number of rotatable bonds is 11. The van der Waals surface area contributed by atoms with Gasteiger partial charge in [0.2, 0.25) is 17.7 Å². The normalized spacial score (nSPS) is 16.4. The second-order valence-corrected chi connectivity index (χ2v) is 10.1. The van der Waals surface area contributed by atoms with Crippen LogP contribution in [0.1, 0.15) is 49.8 Å². The molecule has 2 aromatic heterocycles. The number of anilines is 1. The van der Waals surface area contributed by atoms with Gasteiger partial charge in [0.05, 0.1) is 25.5 Å². The van der Waals surface area contributed by atoms with Crippen molar-refractivity contribution in [2.45, 2.75) is 51.3 Å². The molecule has 2 saturated carbocycles. The number of nitrogens with zero attached hydrogens (tertiary/aromatic N) is 3. The molecular weight excluding hydrogens is 508 g/mol. The second kappa shape index (κ2) is 11.4. The van der Waals surface area contributed by atoms with Gasteiger partial charge in [0.25, 0.3) is 0 Å². The van der Waals surface area contributed by atoms with Crippen molar-refractivity contribution in [2.75, 3.05) is 12.4 Å². The number of hydrogen-bond acceptors (Lipinski definition) is 6. The zero-order chi connectivity index (χ0) is 27.5. The second-order valence-electron chi connectivity index (χ2n) is 10.1. The molecule has 3 aromatic rings. The van der Waals surface area contributed by atoms with Crippen molar-refractivity contribution >= 4 is 17.7 Å². The van der Waals surface area contributed by atoms with E-state index in [1.54, 1.807) is 6.92 Å². The molecule has 206 valence electrons. The van der Waals surface area contributed by atoms with Gasteiger partial charge in [-0.2, -0.15) is 9.49 Å². The molecule has 0 spiro atoms. The summed E-state index contributed by atoms with van der Waals surface area (Å²) in [7, 11) is 1.38. The lowest BCUT2D eigenvalue weighted by atomic mass is 9.89. The minimum atomic E-state index is -0.888. The van der Waals surface area contributed by atoms with Crippen molar-refractivity contribution in [3.63, 3.8) is 0 Å². The predicted molar refractivity (Wildman–Crippen MR) is 138 cm³/mol. The average Bonchev–Trinajstić information content (AvgIpc) is 3.88. The number of amides is 2. The van der Waals surface area contributed by atoms with Crippen molar-refractivity contribution in [3.8, 4) is 5.88 Å². The molecule has 2 unspecified atom stereocenters. The highest BCUT2D eigenvalue weighted by Crippen LogP contribution is 2.51. The van der Waals surface area contributed by atoms with Gasteiger partial charge in [-0.25, -0.2) is 18.9 Å². The lowest BCUT2D eigenvalue weighted by molar-refractivity contribution is -0.119. The fourth-order valence-electron chi connectivity index (χ4n) is 5.08. The summed E-state index contributed by atoms with van der Waals surface area (Å²) in [5.74, 6) is -1.23. The van der Waals surface area contributed by atoms with Crippen LogP contribution in [0.3, 0.4) is 0 Å². The average molecular weight is 540 g/mol. The van der Waals surface area contributed by atoms with E-state index in [9.17, 15) is 14.0 Å². The van der Waals surface area contributed by atoms with E-state index >= 15 is 4.39 Å². The minimum Gasteiger partial charge on any atom is -0.481 e. The number of aromatic nitrogens is 3. The molecule has 5 rings (SSSR count). The van der Waals surface area contributed by atoms with Crippen molar-refractivity contribution in [3.05, 3.63) is 71.7 Å². The first-order valence-corrected chi connectivity index (χ1v) is 13.1. The molecule has 9 nitrogen and oxygen atoms in total. The minimum absolute atomic E-state index is 0.0612. The molecule has 0 saturated heterocycles. The van der Waals surface area contributed by atoms with Crippen LogP contribution in [-0.2, 0) is 16.1 Å². The number of carbonyl (C=O) groups is 2. The Bertz CT molecular complexity index is 1310. The summed E-state index contributed by atoms with van der Waals surface area (Å²) in [6.45, 7) is 1.68. The molecule has 0 aliphatic heterocycles. The van der Waals surface area contributed by atoms with Gasteiger partial charge in [0.1, 0.15) is 24.2 Å². The Morgan fingerprint density at radius 3 is 2.44 bits per heavy atom. The lowest BCUT2D eigenvalue weighted by Gasteiger charge is -2.27. The Balaban J connectivity index is 1.32. The van der Waals surface area contributed by atoms with E-state index in [0.29, 0.717) is 17.4 Å². The Labute approximate surface area is 224 Å².